The molecule has 0 unspecified atom stereocenters. The number of carbonyl (C=O) groups is 1. The van der Waals surface area contributed by atoms with Gasteiger partial charge in [-0.05, 0) is 48.1 Å². The molecule has 0 atom stereocenters. The summed E-state index contributed by atoms with van der Waals surface area (Å²) in [7, 11) is 0. The third kappa shape index (κ3) is 6.78. The van der Waals surface area contributed by atoms with Crippen molar-refractivity contribution < 1.29 is 14.6 Å². The van der Waals surface area contributed by atoms with Gasteiger partial charge in [0, 0.05) is 5.69 Å². The Hall–Kier alpha value is -2.43. The van der Waals surface area contributed by atoms with Crippen molar-refractivity contribution in [1.29, 1.82) is 0 Å². The lowest BCUT2D eigenvalue weighted by atomic mass is 9.84. The Morgan fingerprint density at radius 3 is 2.26 bits per heavy atom. The second-order valence-corrected chi connectivity index (χ2v) is 9.20. The molecule has 2 aliphatic rings. The van der Waals surface area contributed by atoms with Gasteiger partial charge in [-0.3, -0.25) is 4.79 Å². The molecular formula is C27H37N3O+2. The Balaban J connectivity index is 1.16. The summed E-state index contributed by atoms with van der Waals surface area (Å²) in [5, 5.41) is 3.11. The SMILES string of the molecule is O=C(C[NH+]1CC[NH+](C/C=C/c2ccccc2)CC1)Nc1ccc(C2CCCCC2)cc1. The molecule has 3 N–H and O–H groups in total. The molecule has 164 valence electrons. The highest BCUT2D eigenvalue weighted by molar-refractivity contribution is 5.91. The fourth-order valence-corrected chi connectivity index (χ4v) is 4.97. The number of anilines is 1. The van der Waals surface area contributed by atoms with Crippen LogP contribution in [-0.4, -0.2) is 45.2 Å². The molecule has 1 saturated heterocycles. The molecule has 31 heavy (non-hydrogen) atoms. The number of hydrogen-bond donors (Lipinski definition) is 3. The minimum Gasteiger partial charge on any atom is -0.322 e. The number of quaternary nitrogens is 2. The largest absolute Gasteiger partial charge is 0.322 e. The maximum Gasteiger partial charge on any atom is 0.279 e. The fraction of sp³-hybridized carbons (Fsp3) is 0.444. The molecule has 0 bridgehead atoms. The molecule has 1 aliphatic heterocycles. The van der Waals surface area contributed by atoms with Crippen molar-refractivity contribution in [3.8, 4) is 0 Å². The van der Waals surface area contributed by atoms with Gasteiger partial charge in [0.15, 0.2) is 6.54 Å². The summed E-state index contributed by atoms with van der Waals surface area (Å²) in [5.74, 6) is 0.845. The van der Waals surface area contributed by atoms with E-state index in [1.165, 1.54) is 48.1 Å². The minimum absolute atomic E-state index is 0.132. The van der Waals surface area contributed by atoms with Gasteiger partial charge in [0.05, 0.1) is 6.54 Å². The lowest BCUT2D eigenvalue weighted by Gasteiger charge is -2.28. The standard InChI is InChI=1S/C27H35N3O/c31-27(28-26-15-13-25(14-16-26)24-11-5-2-6-12-24)22-30-20-18-29(19-21-30)17-7-10-23-8-3-1-4-9-23/h1,3-4,7-10,13-16,24H,2,5-6,11-12,17-22H2,(H,28,31)/p+2/b10-7+. The van der Waals surface area contributed by atoms with Gasteiger partial charge in [-0.25, -0.2) is 0 Å². The topological polar surface area (TPSA) is 38.0 Å². The molecule has 0 spiro atoms. The predicted octanol–water partition coefficient (Wildman–Crippen LogP) is 2.17. The smallest absolute Gasteiger partial charge is 0.279 e. The molecule has 2 fully saturated rings. The number of piperazine rings is 1. The first kappa shape index (κ1) is 21.8. The van der Waals surface area contributed by atoms with Crippen LogP contribution < -0.4 is 15.1 Å². The number of hydrogen-bond acceptors (Lipinski definition) is 1. The van der Waals surface area contributed by atoms with Crippen LogP contribution in [0.25, 0.3) is 6.08 Å². The second-order valence-electron chi connectivity index (χ2n) is 9.20. The first-order valence-electron chi connectivity index (χ1n) is 12.0. The third-order valence-corrected chi connectivity index (χ3v) is 6.86. The lowest BCUT2D eigenvalue weighted by Crippen LogP contribution is -3.28. The van der Waals surface area contributed by atoms with Crippen LogP contribution in [-0.2, 0) is 4.79 Å². The molecule has 2 aromatic rings. The first-order chi connectivity index (χ1) is 15.3. The van der Waals surface area contributed by atoms with E-state index in [2.05, 4.69) is 66.0 Å². The quantitative estimate of drug-likeness (QED) is 0.632. The maximum atomic E-state index is 12.5. The van der Waals surface area contributed by atoms with Crippen molar-refractivity contribution >= 4 is 17.7 Å². The minimum atomic E-state index is 0.132. The zero-order chi connectivity index (χ0) is 21.3. The summed E-state index contributed by atoms with van der Waals surface area (Å²) in [6.07, 6.45) is 11.2. The van der Waals surface area contributed by atoms with E-state index in [0.717, 1.165) is 38.4 Å². The molecule has 4 rings (SSSR count). The zero-order valence-electron chi connectivity index (χ0n) is 18.6. The molecule has 1 aliphatic carbocycles. The van der Waals surface area contributed by atoms with Crippen LogP contribution in [0.5, 0.6) is 0 Å². The number of nitrogens with one attached hydrogen (secondary N) is 3. The Labute approximate surface area is 186 Å². The van der Waals surface area contributed by atoms with Crippen molar-refractivity contribution in [3.63, 3.8) is 0 Å². The Bertz CT molecular complexity index is 833. The van der Waals surface area contributed by atoms with Crippen molar-refractivity contribution in [2.75, 3.05) is 44.6 Å². The van der Waals surface area contributed by atoms with E-state index in [0.29, 0.717) is 12.5 Å². The van der Waals surface area contributed by atoms with E-state index < -0.39 is 0 Å². The Morgan fingerprint density at radius 2 is 1.55 bits per heavy atom. The number of benzene rings is 2. The predicted molar refractivity (Wildman–Crippen MR) is 128 cm³/mol. The molecule has 4 nitrogen and oxygen atoms in total. The van der Waals surface area contributed by atoms with E-state index in [4.69, 9.17) is 0 Å². The summed E-state index contributed by atoms with van der Waals surface area (Å²) in [6.45, 7) is 5.99. The summed E-state index contributed by atoms with van der Waals surface area (Å²) >= 11 is 0. The summed E-state index contributed by atoms with van der Waals surface area (Å²) < 4.78 is 0. The normalized spacial score (nSPS) is 22.5. The van der Waals surface area contributed by atoms with Gasteiger partial charge in [-0.15, -0.1) is 0 Å². The summed E-state index contributed by atoms with van der Waals surface area (Å²) in [5.41, 5.74) is 3.62. The van der Waals surface area contributed by atoms with Crippen molar-refractivity contribution in [1.82, 2.24) is 0 Å². The molecule has 0 aromatic heterocycles. The average Bonchev–Trinajstić information content (AvgIpc) is 2.82. The van der Waals surface area contributed by atoms with Crippen molar-refractivity contribution in [2.45, 2.75) is 38.0 Å². The first-order valence-corrected chi connectivity index (χ1v) is 12.0. The average molecular weight is 420 g/mol. The molecule has 4 heteroatoms. The number of rotatable bonds is 7. The van der Waals surface area contributed by atoms with Crippen molar-refractivity contribution in [3.05, 3.63) is 71.8 Å². The fourth-order valence-electron chi connectivity index (χ4n) is 4.97. The highest BCUT2D eigenvalue weighted by Gasteiger charge is 2.24. The van der Waals surface area contributed by atoms with Gasteiger partial charge in [0.1, 0.15) is 26.2 Å². The van der Waals surface area contributed by atoms with Gasteiger partial charge < -0.3 is 15.1 Å². The van der Waals surface area contributed by atoms with E-state index in [9.17, 15) is 4.79 Å². The van der Waals surface area contributed by atoms with Gasteiger partial charge in [0.25, 0.3) is 5.91 Å². The molecule has 1 amide bonds. The second kappa shape index (κ2) is 11.3. The molecule has 1 heterocycles. The highest BCUT2D eigenvalue weighted by Crippen LogP contribution is 2.32. The van der Waals surface area contributed by atoms with Crippen LogP contribution in [0.1, 0.15) is 49.1 Å². The van der Waals surface area contributed by atoms with Crippen LogP contribution in [0.3, 0.4) is 0 Å². The van der Waals surface area contributed by atoms with Crippen molar-refractivity contribution in [2.24, 2.45) is 0 Å². The van der Waals surface area contributed by atoms with E-state index in [1.54, 1.807) is 4.90 Å². The maximum absolute atomic E-state index is 12.5. The van der Waals surface area contributed by atoms with E-state index >= 15 is 0 Å². The third-order valence-electron chi connectivity index (χ3n) is 6.86. The summed E-state index contributed by atoms with van der Waals surface area (Å²) in [4.78, 5) is 15.5. The van der Waals surface area contributed by atoms with Gasteiger partial charge in [0.2, 0.25) is 0 Å². The van der Waals surface area contributed by atoms with Crippen LogP contribution in [0.2, 0.25) is 0 Å². The molecule has 0 radical (unpaired) electrons. The van der Waals surface area contributed by atoms with Gasteiger partial charge in [-0.1, -0.05) is 67.8 Å². The monoisotopic (exact) mass is 419 g/mol. The van der Waals surface area contributed by atoms with Gasteiger partial charge >= 0.3 is 0 Å². The Morgan fingerprint density at radius 1 is 0.871 bits per heavy atom. The summed E-state index contributed by atoms with van der Waals surface area (Å²) in [6, 6.07) is 19.1. The van der Waals surface area contributed by atoms with Crippen LogP contribution >= 0.6 is 0 Å². The Kier molecular flexibility index (Phi) is 7.92. The molecule has 2 aromatic carbocycles. The van der Waals surface area contributed by atoms with Crippen LogP contribution in [0.4, 0.5) is 5.69 Å². The number of carbonyl (C=O) groups excluding carboxylic acids is 1. The van der Waals surface area contributed by atoms with E-state index in [-0.39, 0.29) is 5.91 Å². The van der Waals surface area contributed by atoms with Gasteiger partial charge in [-0.2, -0.15) is 0 Å². The zero-order valence-corrected chi connectivity index (χ0v) is 18.6. The lowest BCUT2D eigenvalue weighted by molar-refractivity contribution is -1.01. The van der Waals surface area contributed by atoms with Crippen LogP contribution in [0.15, 0.2) is 60.7 Å². The van der Waals surface area contributed by atoms with Crippen LogP contribution in [0, 0.1) is 0 Å². The molecular weight excluding hydrogens is 382 g/mol. The highest BCUT2D eigenvalue weighted by atomic mass is 16.2. The van der Waals surface area contributed by atoms with E-state index in [1.807, 2.05) is 6.07 Å². The number of amides is 1. The molecule has 1 saturated carbocycles.